The van der Waals surface area contributed by atoms with Gasteiger partial charge in [0.15, 0.2) is 11.6 Å². The molecule has 0 spiro atoms. The van der Waals surface area contributed by atoms with E-state index in [0.717, 1.165) is 54.6 Å². The first-order valence-electron chi connectivity index (χ1n) is 10.6. The van der Waals surface area contributed by atoms with E-state index in [1.165, 1.54) is 20.0 Å². The number of piperazine rings is 1. The molecule has 178 valence electrons. The largest absolute Gasteiger partial charge is 0.368 e. The van der Waals surface area contributed by atoms with Gasteiger partial charge in [0.2, 0.25) is 10.0 Å². The molecule has 0 unspecified atom stereocenters. The highest BCUT2D eigenvalue weighted by Crippen LogP contribution is 2.32. The van der Waals surface area contributed by atoms with Crippen LogP contribution >= 0.6 is 0 Å². The summed E-state index contributed by atoms with van der Waals surface area (Å²) in [5.41, 5.74) is 7.09. The molecule has 0 saturated carbocycles. The maximum Gasteiger partial charge on any atom is 0.235 e. The van der Waals surface area contributed by atoms with Gasteiger partial charge in [-0.05, 0) is 39.1 Å². The van der Waals surface area contributed by atoms with Crippen LogP contribution in [0.4, 0.5) is 25.8 Å². The summed E-state index contributed by atoms with van der Waals surface area (Å²) < 4.78 is 56.2. The predicted molar refractivity (Wildman–Crippen MR) is 125 cm³/mol. The maximum atomic E-state index is 15.1. The summed E-state index contributed by atoms with van der Waals surface area (Å²) in [5.74, 6) is -1.88. The molecule has 0 amide bonds. The Balaban J connectivity index is 1.60. The fourth-order valence-electron chi connectivity index (χ4n) is 3.51. The molecule has 2 aliphatic heterocycles. The molecule has 4 rings (SSSR count). The molecule has 3 N–H and O–H groups in total. The van der Waals surface area contributed by atoms with E-state index in [1.807, 2.05) is 6.07 Å². The van der Waals surface area contributed by atoms with E-state index in [4.69, 9.17) is 0 Å². The van der Waals surface area contributed by atoms with E-state index in [9.17, 15) is 12.8 Å². The van der Waals surface area contributed by atoms with Gasteiger partial charge in [-0.25, -0.2) is 17.2 Å². The zero-order chi connectivity index (χ0) is 23.8. The Morgan fingerprint density at radius 3 is 2.55 bits per heavy atom. The van der Waals surface area contributed by atoms with Crippen molar-refractivity contribution in [1.82, 2.24) is 20.8 Å². The van der Waals surface area contributed by atoms with E-state index in [2.05, 4.69) is 37.5 Å². The van der Waals surface area contributed by atoms with E-state index in [1.54, 1.807) is 12.4 Å². The van der Waals surface area contributed by atoms with Crippen molar-refractivity contribution >= 4 is 32.8 Å². The van der Waals surface area contributed by atoms with Gasteiger partial charge in [-0.1, -0.05) is 0 Å². The van der Waals surface area contributed by atoms with E-state index in [0.29, 0.717) is 5.70 Å². The van der Waals surface area contributed by atoms with Crippen molar-refractivity contribution in [2.75, 3.05) is 47.9 Å². The van der Waals surface area contributed by atoms with Crippen molar-refractivity contribution in [3.63, 3.8) is 0 Å². The van der Waals surface area contributed by atoms with Crippen molar-refractivity contribution in [1.29, 1.82) is 0 Å². The van der Waals surface area contributed by atoms with Crippen molar-refractivity contribution in [2.24, 2.45) is 0 Å². The van der Waals surface area contributed by atoms with Crippen LogP contribution in [0.1, 0.15) is 19.4 Å². The summed E-state index contributed by atoms with van der Waals surface area (Å²) in [4.78, 5) is 8.82. The van der Waals surface area contributed by atoms with Crippen LogP contribution in [0, 0.1) is 11.6 Å². The number of halogens is 2. The zero-order valence-electron chi connectivity index (χ0n) is 18.6. The van der Waals surface area contributed by atoms with Gasteiger partial charge in [-0.2, -0.15) is 0 Å². The number of pyridine rings is 1. The first-order valence-corrected chi connectivity index (χ1v) is 12.1. The minimum Gasteiger partial charge on any atom is -0.368 e. The second-order valence-electron chi connectivity index (χ2n) is 8.33. The molecule has 1 aromatic carbocycles. The van der Waals surface area contributed by atoms with E-state index < -0.39 is 32.6 Å². The lowest BCUT2D eigenvalue weighted by Gasteiger charge is -2.33. The third kappa shape index (κ3) is 4.87. The van der Waals surface area contributed by atoms with Crippen molar-refractivity contribution in [3.8, 4) is 0 Å². The number of aromatic nitrogens is 1. The zero-order valence-corrected chi connectivity index (χ0v) is 19.5. The first-order chi connectivity index (χ1) is 15.7. The number of benzene rings is 1. The number of nitrogens with zero attached hydrogens (tertiary/aromatic N) is 4. The fourth-order valence-corrected chi connectivity index (χ4v) is 4.21. The lowest BCUT2D eigenvalue weighted by molar-refractivity contribution is 0.313. The number of hydrazine groups is 2. The summed E-state index contributed by atoms with van der Waals surface area (Å²) in [7, 11) is -1.71. The molecule has 1 saturated heterocycles. The van der Waals surface area contributed by atoms with Gasteiger partial charge in [0.1, 0.15) is 5.69 Å². The van der Waals surface area contributed by atoms with Gasteiger partial charge in [-0.15, -0.1) is 5.53 Å². The van der Waals surface area contributed by atoms with Crippen LogP contribution in [0.5, 0.6) is 0 Å². The van der Waals surface area contributed by atoms with Crippen LogP contribution < -0.4 is 25.6 Å². The highest BCUT2D eigenvalue weighted by atomic mass is 32.2. The molecule has 33 heavy (non-hydrogen) atoms. The Morgan fingerprint density at radius 1 is 1.12 bits per heavy atom. The number of hydrogen-bond donors (Lipinski definition) is 3. The van der Waals surface area contributed by atoms with Crippen molar-refractivity contribution in [2.45, 2.75) is 19.1 Å². The second-order valence-corrected chi connectivity index (χ2v) is 10.6. The van der Waals surface area contributed by atoms with Crippen LogP contribution in [-0.2, 0) is 10.0 Å². The normalized spacial score (nSPS) is 17.3. The van der Waals surface area contributed by atoms with Crippen LogP contribution in [-0.4, -0.2) is 56.8 Å². The Morgan fingerprint density at radius 2 is 1.85 bits per heavy atom. The third-order valence-electron chi connectivity index (χ3n) is 5.65. The molecule has 1 fully saturated rings. The molecule has 9 nitrogen and oxygen atoms in total. The molecular formula is C21H27F2N7O2S. The number of hydrogen-bond acceptors (Lipinski definition) is 8. The van der Waals surface area contributed by atoms with Crippen LogP contribution in [0.15, 0.2) is 36.8 Å². The number of rotatable bonds is 6. The highest BCUT2D eigenvalue weighted by molar-refractivity contribution is 7.93. The number of sulfonamides is 1. The lowest BCUT2D eigenvalue weighted by Crippen LogP contribution is -2.44. The molecular weight excluding hydrogens is 452 g/mol. The van der Waals surface area contributed by atoms with E-state index >= 15 is 4.39 Å². The molecule has 0 atom stereocenters. The molecule has 2 aromatic rings. The minimum absolute atomic E-state index is 0.331. The smallest absolute Gasteiger partial charge is 0.235 e. The summed E-state index contributed by atoms with van der Waals surface area (Å²) in [6, 6.07) is 4.04. The van der Waals surface area contributed by atoms with Gasteiger partial charge in [0, 0.05) is 44.1 Å². The second kappa shape index (κ2) is 9.12. The topological polar surface area (TPSA) is 92.8 Å². The minimum atomic E-state index is -3.80. The standard InChI is InChI=1S/C21H27F2N7O2S/c1-14(2)33(31,32)26-18-5-4-17(22)21(20(18)23)30-13-19(25-27-30)15-10-16(12-24-11-15)29-8-6-28(3)7-9-29/h4-5,10-14,25-27H,6-9H2,1-3H3. The predicted octanol–water partition coefficient (Wildman–Crippen LogP) is 2.09. The van der Waals surface area contributed by atoms with Crippen LogP contribution in [0.3, 0.4) is 0 Å². The first kappa shape index (κ1) is 23.2. The molecule has 0 radical (unpaired) electrons. The molecule has 2 aliphatic rings. The SMILES string of the molecule is CC(C)S(=O)(=O)Nc1ccc(F)c(N2C=C(c3cncc(N4CCN(C)CC4)c3)NN2)c1F. The van der Waals surface area contributed by atoms with Crippen LogP contribution in [0.25, 0.3) is 5.70 Å². The van der Waals surface area contributed by atoms with Gasteiger partial charge >= 0.3 is 0 Å². The van der Waals surface area contributed by atoms with Crippen molar-refractivity contribution in [3.05, 3.63) is 54.0 Å². The number of likely N-dealkylation sites (N-methyl/N-ethyl adjacent to an activating group) is 1. The van der Waals surface area contributed by atoms with E-state index in [-0.39, 0.29) is 5.69 Å². The fraction of sp³-hybridized carbons (Fsp3) is 0.381. The number of nitrogens with one attached hydrogen (secondary N) is 3. The summed E-state index contributed by atoms with van der Waals surface area (Å²) in [6.45, 7) is 6.61. The Hall–Kier alpha value is -2.96. The van der Waals surface area contributed by atoms with Gasteiger partial charge in [0.25, 0.3) is 0 Å². The third-order valence-corrected chi connectivity index (χ3v) is 7.40. The molecule has 0 bridgehead atoms. The van der Waals surface area contributed by atoms with Gasteiger partial charge < -0.3 is 15.2 Å². The average molecular weight is 480 g/mol. The average Bonchev–Trinajstić information content (AvgIpc) is 3.26. The Labute approximate surface area is 192 Å². The lowest BCUT2D eigenvalue weighted by atomic mass is 10.2. The Bertz CT molecular complexity index is 1170. The van der Waals surface area contributed by atoms with Crippen molar-refractivity contribution < 1.29 is 17.2 Å². The summed E-state index contributed by atoms with van der Waals surface area (Å²) in [5, 5.41) is 0.360. The Kier molecular flexibility index (Phi) is 6.41. The quantitative estimate of drug-likeness (QED) is 0.580. The van der Waals surface area contributed by atoms with Gasteiger partial charge in [0.05, 0.1) is 28.5 Å². The molecule has 12 heteroatoms. The summed E-state index contributed by atoms with van der Waals surface area (Å²) >= 11 is 0. The molecule has 3 heterocycles. The number of anilines is 3. The summed E-state index contributed by atoms with van der Waals surface area (Å²) in [6.07, 6.45) is 4.94. The maximum absolute atomic E-state index is 15.1. The highest BCUT2D eigenvalue weighted by Gasteiger charge is 2.26. The van der Waals surface area contributed by atoms with Crippen LogP contribution in [0.2, 0.25) is 0 Å². The van der Waals surface area contributed by atoms with Gasteiger partial charge in [-0.3, -0.25) is 14.7 Å². The molecule has 1 aromatic heterocycles. The molecule has 0 aliphatic carbocycles. The monoisotopic (exact) mass is 479 g/mol.